The van der Waals surface area contributed by atoms with Crippen molar-refractivity contribution >= 4 is 17.7 Å². The molecule has 0 saturated carbocycles. The summed E-state index contributed by atoms with van der Waals surface area (Å²) < 4.78 is 1.82. The van der Waals surface area contributed by atoms with E-state index in [0.29, 0.717) is 13.1 Å². The summed E-state index contributed by atoms with van der Waals surface area (Å²) in [4.78, 5) is 16.2. The van der Waals surface area contributed by atoms with Crippen LogP contribution in [0.25, 0.3) is 0 Å². The van der Waals surface area contributed by atoms with Crippen LogP contribution in [-0.2, 0) is 13.6 Å². The first-order valence-electron chi connectivity index (χ1n) is 8.65. The molecule has 1 amide bonds. The van der Waals surface area contributed by atoms with Gasteiger partial charge in [-0.1, -0.05) is 24.3 Å². The molecule has 132 valence electrons. The average molecular weight is 363 g/mol. The van der Waals surface area contributed by atoms with Crippen LogP contribution in [0, 0.1) is 0 Å². The van der Waals surface area contributed by atoms with E-state index in [1.807, 2.05) is 65.6 Å². The standard InChI is InChI=1S/C21H21N3OS/c1-23-12-17(11-22-23)20-14-24(13-16-5-3-4-6-19(16)20)21(25)15-7-9-18(26-2)10-8-15/h3-12,20H,13-14H2,1-2H3. The minimum absolute atomic E-state index is 0.0843. The molecule has 0 fully saturated rings. The van der Waals surface area contributed by atoms with Crippen LogP contribution in [0.4, 0.5) is 0 Å². The van der Waals surface area contributed by atoms with Gasteiger partial charge in [-0.3, -0.25) is 9.48 Å². The van der Waals surface area contributed by atoms with Crippen molar-refractivity contribution < 1.29 is 4.79 Å². The van der Waals surface area contributed by atoms with Crippen LogP contribution in [0.1, 0.15) is 33.0 Å². The second-order valence-corrected chi connectivity index (χ2v) is 7.49. The highest BCUT2D eigenvalue weighted by atomic mass is 32.2. The van der Waals surface area contributed by atoms with Gasteiger partial charge in [-0.05, 0) is 47.2 Å². The molecule has 1 aliphatic heterocycles. The number of carbonyl (C=O) groups excluding carboxylic acids is 1. The third-order valence-electron chi connectivity index (χ3n) is 4.95. The first-order valence-corrected chi connectivity index (χ1v) is 9.88. The summed E-state index contributed by atoms with van der Waals surface area (Å²) >= 11 is 1.68. The van der Waals surface area contributed by atoms with Gasteiger partial charge in [-0.15, -0.1) is 11.8 Å². The number of hydrogen-bond donors (Lipinski definition) is 0. The topological polar surface area (TPSA) is 38.1 Å². The first-order chi connectivity index (χ1) is 12.7. The predicted octanol–water partition coefficient (Wildman–Crippen LogP) is 3.93. The summed E-state index contributed by atoms with van der Waals surface area (Å²) in [5.74, 6) is 0.240. The number of amides is 1. The largest absolute Gasteiger partial charge is 0.333 e. The van der Waals surface area contributed by atoms with Gasteiger partial charge >= 0.3 is 0 Å². The van der Waals surface area contributed by atoms with E-state index in [1.54, 1.807) is 11.8 Å². The number of nitrogens with zero attached hydrogens (tertiary/aromatic N) is 3. The monoisotopic (exact) mass is 363 g/mol. The maximum absolute atomic E-state index is 13.1. The molecular weight excluding hydrogens is 342 g/mol. The van der Waals surface area contributed by atoms with Crippen molar-refractivity contribution in [2.24, 2.45) is 7.05 Å². The third-order valence-corrected chi connectivity index (χ3v) is 5.69. The molecular formula is C21H21N3OS. The molecule has 0 radical (unpaired) electrons. The first kappa shape index (κ1) is 16.9. The minimum Gasteiger partial charge on any atom is -0.333 e. The van der Waals surface area contributed by atoms with E-state index in [-0.39, 0.29) is 11.8 Å². The Morgan fingerprint density at radius 1 is 1.15 bits per heavy atom. The van der Waals surface area contributed by atoms with Crippen LogP contribution in [0.3, 0.4) is 0 Å². The average Bonchev–Trinajstić information content (AvgIpc) is 3.12. The molecule has 26 heavy (non-hydrogen) atoms. The molecule has 2 aromatic carbocycles. The Morgan fingerprint density at radius 3 is 2.62 bits per heavy atom. The molecule has 1 aliphatic rings. The minimum atomic E-state index is 0.0843. The zero-order valence-corrected chi connectivity index (χ0v) is 15.7. The van der Waals surface area contributed by atoms with E-state index in [1.165, 1.54) is 16.0 Å². The highest BCUT2D eigenvalue weighted by Gasteiger charge is 2.30. The molecule has 2 heterocycles. The fraction of sp³-hybridized carbons (Fsp3) is 0.238. The van der Waals surface area contributed by atoms with E-state index in [4.69, 9.17) is 0 Å². The Morgan fingerprint density at radius 2 is 1.92 bits per heavy atom. The number of benzene rings is 2. The molecule has 0 bridgehead atoms. The Bertz CT molecular complexity index is 932. The molecule has 1 aromatic heterocycles. The normalized spacial score (nSPS) is 16.4. The van der Waals surface area contributed by atoms with Crippen molar-refractivity contribution in [2.75, 3.05) is 12.8 Å². The number of fused-ring (bicyclic) bond motifs is 1. The van der Waals surface area contributed by atoms with Crippen molar-refractivity contribution in [3.8, 4) is 0 Å². The van der Waals surface area contributed by atoms with Gasteiger partial charge in [0, 0.05) is 42.7 Å². The highest BCUT2D eigenvalue weighted by molar-refractivity contribution is 7.98. The molecule has 0 aliphatic carbocycles. The van der Waals surface area contributed by atoms with Gasteiger partial charge in [0.05, 0.1) is 6.20 Å². The summed E-state index contributed by atoms with van der Waals surface area (Å²) in [7, 11) is 1.93. The summed E-state index contributed by atoms with van der Waals surface area (Å²) in [5, 5.41) is 4.32. The zero-order chi connectivity index (χ0) is 18.1. The van der Waals surface area contributed by atoms with Crippen LogP contribution in [0.5, 0.6) is 0 Å². The van der Waals surface area contributed by atoms with Gasteiger partial charge in [0.2, 0.25) is 0 Å². The highest BCUT2D eigenvalue weighted by Crippen LogP contribution is 2.34. The van der Waals surface area contributed by atoms with E-state index < -0.39 is 0 Å². The number of aromatic nitrogens is 2. The van der Waals surface area contributed by atoms with Gasteiger partial charge in [-0.2, -0.15) is 5.10 Å². The summed E-state index contributed by atoms with van der Waals surface area (Å²) in [6.07, 6.45) is 5.99. The maximum Gasteiger partial charge on any atom is 0.254 e. The molecule has 0 N–H and O–H groups in total. The zero-order valence-electron chi connectivity index (χ0n) is 14.9. The van der Waals surface area contributed by atoms with Crippen molar-refractivity contribution in [1.29, 1.82) is 0 Å². The lowest BCUT2D eigenvalue weighted by molar-refractivity contribution is 0.0725. The third kappa shape index (κ3) is 3.15. The van der Waals surface area contributed by atoms with E-state index in [9.17, 15) is 4.79 Å². The smallest absolute Gasteiger partial charge is 0.254 e. The second kappa shape index (κ2) is 7.00. The van der Waals surface area contributed by atoms with Crippen LogP contribution in [0.15, 0.2) is 65.8 Å². The van der Waals surface area contributed by atoms with Gasteiger partial charge in [0.25, 0.3) is 5.91 Å². The SMILES string of the molecule is CSc1ccc(C(=O)N2Cc3ccccc3C(c3cnn(C)c3)C2)cc1. The quantitative estimate of drug-likeness (QED) is 0.662. The fourth-order valence-electron chi connectivity index (χ4n) is 3.58. The lowest BCUT2D eigenvalue weighted by Crippen LogP contribution is -2.38. The molecule has 4 nitrogen and oxygen atoms in total. The fourth-order valence-corrected chi connectivity index (χ4v) is 3.99. The lowest BCUT2D eigenvalue weighted by atomic mass is 9.86. The van der Waals surface area contributed by atoms with Gasteiger partial charge in [-0.25, -0.2) is 0 Å². The number of hydrogen-bond acceptors (Lipinski definition) is 3. The van der Waals surface area contributed by atoms with Crippen molar-refractivity contribution in [2.45, 2.75) is 17.4 Å². The van der Waals surface area contributed by atoms with E-state index >= 15 is 0 Å². The number of carbonyl (C=O) groups is 1. The number of rotatable bonds is 3. The van der Waals surface area contributed by atoms with E-state index in [2.05, 4.69) is 23.3 Å². The molecule has 0 saturated heterocycles. The van der Waals surface area contributed by atoms with Crippen molar-refractivity contribution in [1.82, 2.24) is 14.7 Å². The summed E-state index contributed by atoms with van der Waals surface area (Å²) in [6.45, 7) is 1.32. The van der Waals surface area contributed by atoms with Crippen molar-refractivity contribution in [3.63, 3.8) is 0 Å². The predicted molar refractivity (Wildman–Crippen MR) is 104 cm³/mol. The summed E-state index contributed by atoms with van der Waals surface area (Å²) in [6, 6.07) is 16.3. The van der Waals surface area contributed by atoms with Crippen LogP contribution < -0.4 is 0 Å². The van der Waals surface area contributed by atoms with Crippen molar-refractivity contribution in [3.05, 3.63) is 83.2 Å². The van der Waals surface area contributed by atoms with Gasteiger partial charge in [0.1, 0.15) is 0 Å². The number of aryl methyl sites for hydroxylation is 1. The Hall–Kier alpha value is -2.53. The Labute approximate surface area is 157 Å². The summed E-state index contributed by atoms with van der Waals surface area (Å²) in [5.41, 5.74) is 4.39. The molecule has 1 atom stereocenters. The van der Waals surface area contributed by atoms with Crippen LogP contribution >= 0.6 is 11.8 Å². The maximum atomic E-state index is 13.1. The molecule has 0 spiro atoms. The second-order valence-electron chi connectivity index (χ2n) is 6.61. The lowest BCUT2D eigenvalue weighted by Gasteiger charge is -2.34. The Kier molecular flexibility index (Phi) is 4.55. The molecule has 5 heteroatoms. The van der Waals surface area contributed by atoms with Crippen LogP contribution in [-0.4, -0.2) is 33.4 Å². The van der Waals surface area contributed by atoms with Crippen LogP contribution in [0.2, 0.25) is 0 Å². The molecule has 1 unspecified atom stereocenters. The molecule has 3 aromatic rings. The number of thioether (sulfide) groups is 1. The van der Waals surface area contributed by atoms with Gasteiger partial charge < -0.3 is 4.90 Å². The Balaban J connectivity index is 1.67. The molecule has 4 rings (SSSR count). The van der Waals surface area contributed by atoms with E-state index in [0.717, 1.165) is 11.1 Å². The van der Waals surface area contributed by atoms with Gasteiger partial charge in [0.15, 0.2) is 0 Å².